The number of hydrogen-bond donors (Lipinski definition) is 2. The summed E-state index contributed by atoms with van der Waals surface area (Å²) in [5.74, 6) is -1.05. The molecule has 25 heavy (non-hydrogen) atoms. The third-order valence-electron chi connectivity index (χ3n) is 2.87. The molecule has 0 aliphatic heterocycles. The Morgan fingerprint density at radius 2 is 1.12 bits per heavy atom. The molecule has 0 unspecified atom stereocenters. The molecular formula is C17H14Br2N4O2. The minimum Gasteiger partial charge on any atom is -0.273 e. The van der Waals surface area contributed by atoms with Gasteiger partial charge in [-0.25, -0.2) is 10.9 Å². The summed E-state index contributed by atoms with van der Waals surface area (Å²) in [4.78, 5) is 23.2. The van der Waals surface area contributed by atoms with Crippen LogP contribution in [0.2, 0.25) is 0 Å². The standard InChI is InChI=1S/C17H14Br2N4O2/c18-14-5-1-12(2-6-14)10-20-22-16(24)9-17(25)23-21-11-13-3-7-15(19)8-4-13/h1-8,10-11H,9H2,(H,22,24)(H,23,25). The van der Waals surface area contributed by atoms with E-state index in [1.54, 1.807) is 0 Å². The lowest BCUT2D eigenvalue weighted by atomic mass is 10.2. The van der Waals surface area contributed by atoms with Gasteiger partial charge in [-0.05, 0) is 35.4 Å². The molecule has 0 saturated heterocycles. The zero-order chi connectivity index (χ0) is 18.1. The van der Waals surface area contributed by atoms with Crippen LogP contribution in [0, 0.1) is 0 Å². The second kappa shape index (κ2) is 9.85. The third kappa shape index (κ3) is 7.40. The first-order valence-electron chi connectivity index (χ1n) is 7.18. The summed E-state index contributed by atoms with van der Waals surface area (Å²) in [5, 5.41) is 7.60. The van der Waals surface area contributed by atoms with E-state index in [2.05, 4.69) is 52.9 Å². The molecule has 0 atom stereocenters. The highest BCUT2D eigenvalue weighted by Crippen LogP contribution is 2.09. The molecule has 0 aromatic heterocycles. The van der Waals surface area contributed by atoms with Crippen LogP contribution >= 0.6 is 31.9 Å². The number of nitrogens with zero attached hydrogens (tertiary/aromatic N) is 2. The first kappa shape index (κ1) is 19.0. The second-order valence-electron chi connectivity index (χ2n) is 4.87. The van der Waals surface area contributed by atoms with Crippen LogP contribution in [0.1, 0.15) is 17.5 Å². The summed E-state index contributed by atoms with van der Waals surface area (Å²) in [6.45, 7) is 0. The predicted octanol–water partition coefficient (Wildman–Crippen LogP) is 3.20. The van der Waals surface area contributed by atoms with Crippen molar-refractivity contribution in [2.45, 2.75) is 6.42 Å². The molecule has 0 heterocycles. The first-order chi connectivity index (χ1) is 12.0. The van der Waals surface area contributed by atoms with Crippen molar-refractivity contribution in [1.29, 1.82) is 0 Å². The Kier molecular flexibility index (Phi) is 7.49. The number of amides is 2. The summed E-state index contributed by atoms with van der Waals surface area (Å²) >= 11 is 6.66. The Balaban J connectivity index is 1.73. The van der Waals surface area contributed by atoms with E-state index in [-0.39, 0.29) is 6.42 Å². The summed E-state index contributed by atoms with van der Waals surface area (Å²) in [5.41, 5.74) is 6.24. The maximum absolute atomic E-state index is 11.6. The molecule has 0 saturated carbocycles. The molecule has 128 valence electrons. The Bertz CT molecular complexity index is 720. The smallest absolute Gasteiger partial charge is 0.249 e. The molecule has 0 radical (unpaired) electrons. The van der Waals surface area contributed by atoms with E-state index in [9.17, 15) is 9.59 Å². The Morgan fingerprint density at radius 3 is 1.48 bits per heavy atom. The van der Waals surface area contributed by atoms with E-state index in [1.165, 1.54) is 12.4 Å². The number of hydrogen-bond acceptors (Lipinski definition) is 4. The molecule has 6 nitrogen and oxygen atoms in total. The first-order valence-corrected chi connectivity index (χ1v) is 8.76. The molecule has 0 fully saturated rings. The minimum atomic E-state index is -0.523. The van der Waals surface area contributed by atoms with Crippen LogP contribution < -0.4 is 10.9 Å². The monoisotopic (exact) mass is 464 g/mol. The number of hydrazone groups is 2. The third-order valence-corrected chi connectivity index (χ3v) is 3.92. The molecule has 2 aromatic rings. The van der Waals surface area contributed by atoms with Crippen LogP contribution in [-0.4, -0.2) is 24.2 Å². The van der Waals surface area contributed by atoms with E-state index < -0.39 is 11.8 Å². The summed E-state index contributed by atoms with van der Waals surface area (Å²) < 4.78 is 1.91. The van der Waals surface area contributed by atoms with Gasteiger partial charge in [0.1, 0.15) is 6.42 Å². The predicted molar refractivity (Wildman–Crippen MR) is 104 cm³/mol. The number of carbonyl (C=O) groups is 2. The average Bonchev–Trinajstić information content (AvgIpc) is 2.58. The van der Waals surface area contributed by atoms with E-state index in [1.807, 2.05) is 48.5 Å². The lowest BCUT2D eigenvalue weighted by Gasteiger charge is -1.99. The molecule has 8 heteroatoms. The van der Waals surface area contributed by atoms with Crippen LogP contribution in [0.25, 0.3) is 0 Å². The van der Waals surface area contributed by atoms with E-state index in [0.717, 1.165) is 20.1 Å². The fraction of sp³-hybridized carbons (Fsp3) is 0.0588. The maximum atomic E-state index is 11.6. The van der Waals surface area contributed by atoms with Crippen molar-refractivity contribution in [1.82, 2.24) is 10.9 Å². The van der Waals surface area contributed by atoms with Gasteiger partial charge in [0, 0.05) is 8.95 Å². The number of nitrogens with one attached hydrogen (secondary N) is 2. The molecular weight excluding hydrogens is 452 g/mol. The Hall–Kier alpha value is -2.32. The zero-order valence-corrected chi connectivity index (χ0v) is 16.1. The second-order valence-corrected chi connectivity index (χ2v) is 6.70. The summed E-state index contributed by atoms with van der Waals surface area (Å²) in [7, 11) is 0. The van der Waals surface area contributed by atoms with Crippen LogP contribution in [-0.2, 0) is 9.59 Å². The Labute approximate surface area is 161 Å². The van der Waals surface area contributed by atoms with Gasteiger partial charge in [-0.15, -0.1) is 0 Å². The van der Waals surface area contributed by atoms with Gasteiger partial charge in [-0.3, -0.25) is 9.59 Å². The molecule has 2 amide bonds. The van der Waals surface area contributed by atoms with Crippen LogP contribution in [0.5, 0.6) is 0 Å². The SMILES string of the molecule is O=C(CC(=O)NN=Cc1ccc(Br)cc1)NN=Cc1ccc(Br)cc1. The lowest BCUT2D eigenvalue weighted by Crippen LogP contribution is -2.27. The normalized spacial score (nSPS) is 11.0. The van der Waals surface area contributed by atoms with Gasteiger partial charge in [0.25, 0.3) is 0 Å². The van der Waals surface area contributed by atoms with Crippen LogP contribution in [0.4, 0.5) is 0 Å². The van der Waals surface area contributed by atoms with Crippen molar-refractivity contribution in [3.63, 3.8) is 0 Å². The molecule has 0 aliphatic rings. The zero-order valence-electron chi connectivity index (χ0n) is 12.9. The average molecular weight is 466 g/mol. The number of benzene rings is 2. The van der Waals surface area contributed by atoms with E-state index >= 15 is 0 Å². The summed E-state index contributed by atoms with van der Waals surface area (Å²) in [6.07, 6.45) is 2.62. The maximum Gasteiger partial charge on any atom is 0.249 e. The van der Waals surface area contributed by atoms with Gasteiger partial charge in [0.2, 0.25) is 11.8 Å². The highest BCUT2D eigenvalue weighted by Gasteiger charge is 2.07. The largest absolute Gasteiger partial charge is 0.273 e. The topological polar surface area (TPSA) is 82.9 Å². The molecule has 2 N–H and O–H groups in total. The quantitative estimate of drug-likeness (QED) is 0.390. The van der Waals surface area contributed by atoms with Gasteiger partial charge in [-0.2, -0.15) is 10.2 Å². The van der Waals surface area contributed by atoms with Gasteiger partial charge in [0.05, 0.1) is 12.4 Å². The van der Waals surface area contributed by atoms with Gasteiger partial charge in [-0.1, -0.05) is 56.1 Å². The van der Waals surface area contributed by atoms with Crippen molar-refractivity contribution in [3.8, 4) is 0 Å². The van der Waals surface area contributed by atoms with Crippen molar-refractivity contribution < 1.29 is 9.59 Å². The molecule has 2 aromatic carbocycles. The van der Waals surface area contributed by atoms with Crippen molar-refractivity contribution in [3.05, 3.63) is 68.6 Å². The van der Waals surface area contributed by atoms with Crippen LogP contribution in [0.15, 0.2) is 67.7 Å². The van der Waals surface area contributed by atoms with Crippen molar-refractivity contribution >= 4 is 56.1 Å². The fourth-order valence-electron chi connectivity index (χ4n) is 1.68. The lowest BCUT2D eigenvalue weighted by molar-refractivity contribution is -0.129. The fourth-order valence-corrected chi connectivity index (χ4v) is 2.21. The van der Waals surface area contributed by atoms with Gasteiger partial charge >= 0.3 is 0 Å². The van der Waals surface area contributed by atoms with Crippen molar-refractivity contribution in [2.24, 2.45) is 10.2 Å². The number of carbonyl (C=O) groups excluding carboxylic acids is 2. The molecule has 2 rings (SSSR count). The number of halogens is 2. The molecule has 0 spiro atoms. The van der Waals surface area contributed by atoms with E-state index in [4.69, 9.17) is 0 Å². The van der Waals surface area contributed by atoms with Crippen molar-refractivity contribution in [2.75, 3.05) is 0 Å². The summed E-state index contributed by atoms with van der Waals surface area (Å²) in [6, 6.07) is 14.8. The van der Waals surface area contributed by atoms with Gasteiger partial charge < -0.3 is 0 Å². The highest BCUT2D eigenvalue weighted by molar-refractivity contribution is 9.10. The van der Waals surface area contributed by atoms with E-state index in [0.29, 0.717) is 0 Å². The van der Waals surface area contributed by atoms with Gasteiger partial charge in [0.15, 0.2) is 0 Å². The minimum absolute atomic E-state index is 0.366. The van der Waals surface area contributed by atoms with Crippen LogP contribution in [0.3, 0.4) is 0 Å². The molecule has 0 bridgehead atoms. The number of rotatable bonds is 6. The Morgan fingerprint density at radius 1 is 0.760 bits per heavy atom. The molecule has 0 aliphatic carbocycles. The highest BCUT2D eigenvalue weighted by atomic mass is 79.9.